The van der Waals surface area contributed by atoms with E-state index >= 15 is 0 Å². The predicted molar refractivity (Wildman–Crippen MR) is 104 cm³/mol. The highest BCUT2D eigenvalue weighted by atomic mass is 32.2. The van der Waals surface area contributed by atoms with Gasteiger partial charge in [-0.2, -0.15) is 15.0 Å². The summed E-state index contributed by atoms with van der Waals surface area (Å²) in [5, 5.41) is 0. The molecule has 134 valence electrons. The van der Waals surface area contributed by atoms with Crippen molar-refractivity contribution in [1.82, 2.24) is 24.9 Å². The van der Waals surface area contributed by atoms with E-state index in [1.165, 1.54) is 0 Å². The number of aromatic nitrogens is 5. The van der Waals surface area contributed by atoms with Crippen LogP contribution in [-0.2, 0) is 0 Å². The molecule has 2 aromatic heterocycles. The lowest BCUT2D eigenvalue weighted by atomic mass is 9.96. The van der Waals surface area contributed by atoms with E-state index in [9.17, 15) is 0 Å². The van der Waals surface area contributed by atoms with Crippen molar-refractivity contribution in [2.45, 2.75) is 18.8 Å². The number of hydrogen-bond acceptors (Lipinski definition) is 10. The van der Waals surface area contributed by atoms with Crippen molar-refractivity contribution in [2.75, 3.05) is 35.3 Å². The first-order valence-corrected chi connectivity index (χ1v) is 9.35. The first-order chi connectivity index (χ1) is 12.7. The molecule has 2 aromatic rings. The number of anilines is 3. The maximum Gasteiger partial charge on any atom is 0.225 e. The Kier molecular flexibility index (Phi) is 4.65. The van der Waals surface area contributed by atoms with E-state index in [1.54, 1.807) is 18.0 Å². The Morgan fingerprint density at radius 1 is 1.08 bits per heavy atom. The fraction of sp³-hybridized carbons (Fsp3) is 0.375. The van der Waals surface area contributed by atoms with Crippen LogP contribution in [0.5, 0.6) is 0 Å². The van der Waals surface area contributed by atoms with Gasteiger partial charge >= 0.3 is 0 Å². The fourth-order valence-corrected chi connectivity index (χ4v) is 3.69. The zero-order chi connectivity index (χ0) is 17.9. The Bertz CT molecular complexity index is 838. The van der Waals surface area contributed by atoms with Gasteiger partial charge in [-0.25, -0.2) is 9.97 Å². The van der Waals surface area contributed by atoms with Gasteiger partial charge in [-0.3, -0.25) is 4.99 Å². The smallest absolute Gasteiger partial charge is 0.225 e. The van der Waals surface area contributed by atoms with Crippen molar-refractivity contribution in [3.63, 3.8) is 0 Å². The lowest BCUT2D eigenvalue weighted by Crippen LogP contribution is -2.34. The summed E-state index contributed by atoms with van der Waals surface area (Å²) >= 11 is 1.70. The van der Waals surface area contributed by atoms with Crippen LogP contribution in [0.4, 0.5) is 17.8 Å². The van der Waals surface area contributed by atoms with Crippen LogP contribution in [0.1, 0.15) is 30.3 Å². The minimum Gasteiger partial charge on any atom is -0.368 e. The van der Waals surface area contributed by atoms with Crippen LogP contribution < -0.4 is 16.4 Å². The Hall–Kier alpha value is -2.75. The summed E-state index contributed by atoms with van der Waals surface area (Å²) in [6, 6.07) is 1.91. The zero-order valence-corrected chi connectivity index (χ0v) is 14.9. The van der Waals surface area contributed by atoms with Crippen molar-refractivity contribution < 1.29 is 0 Å². The predicted octanol–water partition coefficient (Wildman–Crippen LogP) is 1.33. The van der Waals surface area contributed by atoms with Crippen LogP contribution in [-0.4, -0.2) is 50.1 Å². The Balaban J connectivity index is 1.44. The molecule has 4 rings (SSSR count). The summed E-state index contributed by atoms with van der Waals surface area (Å²) in [4.78, 5) is 28.9. The molecule has 0 unspecified atom stereocenters. The van der Waals surface area contributed by atoms with Crippen molar-refractivity contribution in [3.05, 3.63) is 28.7 Å². The number of nitrogens with two attached hydrogens (primary N) is 2. The summed E-state index contributed by atoms with van der Waals surface area (Å²) in [5.74, 6) is 2.76. The van der Waals surface area contributed by atoms with Crippen LogP contribution in [0.25, 0.3) is 6.08 Å². The summed E-state index contributed by atoms with van der Waals surface area (Å²) in [5.41, 5.74) is 12.3. The van der Waals surface area contributed by atoms with E-state index in [4.69, 9.17) is 11.5 Å². The molecule has 0 saturated carbocycles. The molecule has 4 heterocycles. The molecule has 1 fully saturated rings. The van der Waals surface area contributed by atoms with Gasteiger partial charge in [0.05, 0.1) is 11.6 Å². The molecule has 0 bridgehead atoms. The van der Waals surface area contributed by atoms with Crippen LogP contribution in [0, 0.1) is 0 Å². The van der Waals surface area contributed by atoms with Gasteiger partial charge in [0.2, 0.25) is 17.8 Å². The van der Waals surface area contributed by atoms with Crippen LogP contribution in [0.3, 0.4) is 0 Å². The molecule has 2 aliphatic heterocycles. The van der Waals surface area contributed by atoms with Crippen molar-refractivity contribution in [1.29, 1.82) is 0 Å². The summed E-state index contributed by atoms with van der Waals surface area (Å²) in [7, 11) is 0. The molecular formula is C16H19N9S. The Labute approximate surface area is 155 Å². The highest BCUT2D eigenvalue weighted by Gasteiger charge is 2.25. The molecule has 0 amide bonds. The number of thioether (sulfide) groups is 1. The SMILES string of the molecule is Nc1nc(N)nc(C2CCN(c3nccc(/C=C4/C=NCS4)n3)CC2)n1. The van der Waals surface area contributed by atoms with E-state index in [0.29, 0.717) is 5.82 Å². The first kappa shape index (κ1) is 16.7. The first-order valence-electron chi connectivity index (χ1n) is 8.36. The molecule has 0 spiro atoms. The highest BCUT2D eigenvalue weighted by Crippen LogP contribution is 2.28. The van der Waals surface area contributed by atoms with Gasteiger partial charge in [0.1, 0.15) is 5.82 Å². The number of nitrogens with zero attached hydrogens (tertiary/aromatic N) is 7. The number of rotatable bonds is 3. The van der Waals surface area contributed by atoms with Gasteiger partial charge in [0.25, 0.3) is 0 Å². The third kappa shape index (κ3) is 3.74. The molecule has 0 aliphatic carbocycles. The van der Waals surface area contributed by atoms with Crippen LogP contribution in [0.2, 0.25) is 0 Å². The minimum atomic E-state index is 0.173. The number of nitrogen functional groups attached to an aromatic ring is 2. The van der Waals surface area contributed by atoms with Crippen molar-refractivity contribution >= 4 is 41.9 Å². The molecule has 0 radical (unpaired) electrons. The van der Waals surface area contributed by atoms with Gasteiger partial charge in [0.15, 0.2) is 0 Å². The molecule has 26 heavy (non-hydrogen) atoms. The summed E-state index contributed by atoms with van der Waals surface area (Å²) in [6.07, 6.45) is 7.49. The summed E-state index contributed by atoms with van der Waals surface area (Å²) < 4.78 is 0. The number of piperidine rings is 1. The lowest BCUT2D eigenvalue weighted by Gasteiger charge is -2.31. The second kappa shape index (κ2) is 7.24. The zero-order valence-electron chi connectivity index (χ0n) is 14.1. The van der Waals surface area contributed by atoms with Crippen molar-refractivity contribution in [3.8, 4) is 0 Å². The Morgan fingerprint density at radius 2 is 1.85 bits per heavy atom. The largest absolute Gasteiger partial charge is 0.368 e. The van der Waals surface area contributed by atoms with E-state index in [-0.39, 0.29) is 17.8 Å². The normalized spacial score (nSPS) is 19.4. The second-order valence-electron chi connectivity index (χ2n) is 6.08. The molecular weight excluding hydrogens is 350 g/mol. The highest BCUT2D eigenvalue weighted by molar-refractivity contribution is 8.04. The monoisotopic (exact) mass is 369 g/mol. The van der Waals surface area contributed by atoms with Crippen molar-refractivity contribution in [2.24, 2.45) is 4.99 Å². The topological polar surface area (TPSA) is 132 Å². The number of aliphatic imine (C=N–C) groups is 1. The average molecular weight is 369 g/mol. The molecule has 0 aromatic carbocycles. The van der Waals surface area contributed by atoms with Gasteiger partial charge < -0.3 is 16.4 Å². The fourth-order valence-electron chi connectivity index (χ4n) is 3.04. The van der Waals surface area contributed by atoms with Gasteiger partial charge in [-0.15, -0.1) is 11.8 Å². The molecule has 2 aliphatic rings. The average Bonchev–Trinajstić information content (AvgIpc) is 3.14. The maximum atomic E-state index is 5.68. The van der Waals surface area contributed by atoms with Gasteiger partial charge in [-0.05, 0) is 25.0 Å². The lowest BCUT2D eigenvalue weighted by molar-refractivity contribution is 0.480. The third-order valence-electron chi connectivity index (χ3n) is 4.31. The van der Waals surface area contributed by atoms with Crippen LogP contribution in [0.15, 0.2) is 22.2 Å². The molecule has 10 heteroatoms. The molecule has 9 nitrogen and oxygen atoms in total. The molecule has 1 saturated heterocycles. The minimum absolute atomic E-state index is 0.173. The van der Waals surface area contributed by atoms with Gasteiger partial charge in [0, 0.05) is 36.3 Å². The van der Waals surface area contributed by atoms with Crippen LogP contribution >= 0.6 is 11.8 Å². The molecule has 0 atom stereocenters. The van der Waals surface area contributed by atoms with E-state index in [2.05, 4.69) is 34.8 Å². The van der Waals surface area contributed by atoms with E-state index in [0.717, 1.165) is 48.4 Å². The number of allylic oxidation sites excluding steroid dienone is 1. The Morgan fingerprint density at radius 3 is 2.54 bits per heavy atom. The third-order valence-corrected chi connectivity index (χ3v) is 5.14. The maximum absolute atomic E-state index is 5.68. The quantitative estimate of drug-likeness (QED) is 0.822. The standard InChI is InChI=1S/C16H19N9S/c17-14-22-13(23-15(18)24-14)10-2-5-25(6-3-10)16-20-4-1-11(21-16)7-12-8-19-9-26-12/h1,4,7-8,10H,2-3,5-6,9H2,(H4,17,18,22,23,24)/b12-7-. The molecule has 4 N–H and O–H groups in total. The van der Waals surface area contributed by atoms with E-state index < -0.39 is 0 Å². The second-order valence-corrected chi connectivity index (χ2v) is 7.10. The number of hydrogen-bond donors (Lipinski definition) is 2. The summed E-state index contributed by atoms with van der Waals surface area (Å²) in [6.45, 7) is 1.65. The van der Waals surface area contributed by atoms with E-state index in [1.807, 2.05) is 18.4 Å². The van der Waals surface area contributed by atoms with Gasteiger partial charge in [-0.1, -0.05) is 0 Å².